The van der Waals surface area contributed by atoms with Crippen LogP contribution >= 0.6 is 12.4 Å². The second-order valence-electron chi connectivity index (χ2n) is 6.91. The minimum atomic E-state index is -3.69. The van der Waals surface area contributed by atoms with Crippen LogP contribution in [0, 0.1) is 19.8 Å². The van der Waals surface area contributed by atoms with Gasteiger partial charge in [0.25, 0.3) is 0 Å². The first kappa shape index (κ1) is 21.1. The topological polar surface area (TPSA) is 105 Å². The Kier molecular flexibility index (Phi) is 7.06. The van der Waals surface area contributed by atoms with Crippen LogP contribution in [0.5, 0.6) is 0 Å². The summed E-state index contributed by atoms with van der Waals surface area (Å²) >= 11 is 0. The molecule has 26 heavy (non-hydrogen) atoms. The van der Waals surface area contributed by atoms with Crippen molar-refractivity contribution in [1.29, 1.82) is 0 Å². The number of hydrogen-bond donors (Lipinski definition) is 2. The maximum Gasteiger partial charge on any atom is 0.248 e. The van der Waals surface area contributed by atoms with Crippen LogP contribution in [0.4, 0.5) is 0 Å². The van der Waals surface area contributed by atoms with Gasteiger partial charge in [0.2, 0.25) is 15.9 Å². The second kappa shape index (κ2) is 8.69. The standard InChI is InChI=1S/C16H26N4O4S.ClH/c1-11-15(12(2)24-19-11)25(22,23)20-8-4-5-13(10-20)16(21)18-14-6-3-7-17-9-14;/h13-14,17H,3-10H2,1-2H3,(H,18,21);1H/t13?,14-;/m0./s1. The minimum absolute atomic E-state index is 0. The predicted octanol–water partition coefficient (Wildman–Crippen LogP) is 0.982. The highest BCUT2D eigenvalue weighted by Gasteiger charge is 2.36. The molecule has 2 atom stereocenters. The second-order valence-corrected chi connectivity index (χ2v) is 8.78. The molecule has 2 saturated heterocycles. The zero-order valence-corrected chi connectivity index (χ0v) is 16.8. The van der Waals surface area contributed by atoms with E-state index < -0.39 is 10.0 Å². The van der Waals surface area contributed by atoms with E-state index in [1.54, 1.807) is 13.8 Å². The van der Waals surface area contributed by atoms with Crippen molar-refractivity contribution in [1.82, 2.24) is 20.1 Å². The van der Waals surface area contributed by atoms with Crippen molar-refractivity contribution >= 4 is 28.3 Å². The first-order valence-corrected chi connectivity index (χ1v) is 10.3. The van der Waals surface area contributed by atoms with Gasteiger partial charge in [0.15, 0.2) is 5.76 Å². The summed E-state index contributed by atoms with van der Waals surface area (Å²) in [6, 6.07) is 0.135. The van der Waals surface area contributed by atoms with Crippen molar-refractivity contribution in [3.63, 3.8) is 0 Å². The van der Waals surface area contributed by atoms with Gasteiger partial charge in [-0.2, -0.15) is 4.31 Å². The van der Waals surface area contributed by atoms with Gasteiger partial charge < -0.3 is 15.2 Å². The summed E-state index contributed by atoms with van der Waals surface area (Å²) in [5.74, 6) is -0.0735. The highest BCUT2D eigenvalue weighted by atomic mass is 35.5. The zero-order valence-electron chi connectivity index (χ0n) is 15.2. The van der Waals surface area contributed by atoms with Gasteiger partial charge in [-0.1, -0.05) is 5.16 Å². The molecule has 8 nitrogen and oxygen atoms in total. The Hall–Kier alpha value is -1.16. The third-order valence-electron chi connectivity index (χ3n) is 4.96. The van der Waals surface area contributed by atoms with E-state index in [0.717, 1.165) is 25.9 Å². The van der Waals surface area contributed by atoms with Gasteiger partial charge in [0.1, 0.15) is 10.6 Å². The molecule has 2 aliphatic heterocycles. The summed E-state index contributed by atoms with van der Waals surface area (Å²) < 4.78 is 32.3. The highest BCUT2D eigenvalue weighted by molar-refractivity contribution is 7.89. The fraction of sp³-hybridized carbons (Fsp3) is 0.750. The molecular weight excluding hydrogens is 380 g/mol. The third kappa shape index (κ3) is 4.39. The number of aryl methyl sites for hydroxylation is 2. The van der Waals surface area contributed by atoms with Crippen molar-refractivity contribution in [2.75, 3.05) is 26.2 Å². The first-order valence-electron chi connectivity index (χ1n) is 8.83. The maximum absolute atomic E-state index is 12.9. The molecule has 0 saturated carbocycles. The molecule has 10 heteroatoms. The van der Waals surface area contributed by atoms with Crippen LogP contribution < -0.4 is 10.6 Å². The smallest absolute Gasteiger partial charge is 0.248 e. The van der Waals surface area contributed by atoms with E-state index in [2.05, 4.69) is 15.8 Å². The molecule has 2 N–H and O–H groups in total. The summed E-state index contributed by atoms with van der Waals surface area (Å²) in [4.78, 5) is 12.7. The van der Waals surface area contributed by atoms with Crippen molar-refractivity contribution in [3.05, 3.63) is 11.5 Å². The third-order valence-corrected chi connectivity index (χ3v) is 7.07. The van der Waals surface area contributed by atoms with Crippen LogP contribution in [-0.4, -0.2) is 56.0 Å². The number of rotatable bonds is 4. The largest absolute Gasteiger partial charge is 0.360 e. The Morgan fingerprint density at radius 2 is 2.08 bits per heavy atom. The summed E-state index contributed by atoms with van der Waals surface area (Å²) in [7, 11) is -3.69. The van der Waals surface area contributed by atoms with Crippen LogP contribution in [0.1, 0.15) is 37.1 Å². The normalized spacial score (nSPS) is 24.7. The van der Waals surface area contributed by atoms with Gasteiger partial charge in [-0.25, -0.2) is 8.42 Å². The van der Waals surface area contributed by atoms with E-state index in [9.17, 15) is 13.2 Å². The fourth-order valence-corrected chi connectivity index (χ4v) is 5.46. The summed E-state index contributed by atoms with van der Waals surface area (Å²) in [6.07, 6.45) is 3.39. The lowest BCUT2D eigenvalue weighted by Gasteiger charge is -2.32. The molecule has 3 heterocycles. The predicted molar refractivity (Wildman–Crippen MR) is 98.7 cm³/mol. The number of aromatic nitrogens is 1. The monoisotopic (exact) mass is 406 g/mol. The zero-order chi connectivity index (χ0) is 18.0. The number of piperidine rings is 2. The van der Waals surface area contributed by atoms with Crippen LogP contribution in [0.2, 0.25) is 0 Å². The summed E-state index contributed by atoms with van der Waals surface area (Å²) in [5, 5.41) is 10.1. The Bertz CT molecular complexity index is 711. The number of amides is 1. The maximum atomic E-state index is 12.9. The lowest BCUT2D eigenvalue weighted by molar-refractivity contribution is -0.126. The fourth-order valence-electron chi connectivity index (χ4n) is 3.64. The number of halogens is 1. The molecule has 0 spiro atoms. The molecule has 3 rings (SSSR count). The average Bonchev–Trinajstić information content (AvgIpc) is 2.95. The van der Waals surface area contributed by atoms with E-state index in [0.29, 0.717) is 25.1 Å². The average molecular weight is 407 g/mol. The Labute approximate surface area is 160 Å². The van der Waals surface area contributed by atoms with Crippen LogP contribution in [-0.2, 0) is 14.8 Å². The number of nitrogens with one attached hydrogen (secondary N) is 2. The molecule has 1 unspecified atom stereocenters. The van der Waals surface area contributed by atoms with Gasteiger partial charge >= 0.3 is 0 Å². The number of nitrogens with zero attached hydrogens (tertiary/aromatic N) is 2. The SMILES string of the molecule is Cc1noc(C)c1S(=O)(=O)N1CCCC(C(=O)N[C@H]2CCCNC2)C1.Cl. The quantitative estimate of drug-likeness (QED) is 0.772. The van der Waals surface area contributed by atoms with E-state index in [-0.39, 0.29) is 47.5 Å². The van der Waals surface area contributed by atoms with Crippen molar-refractivity contribution < 1.29 is 17.7 Å². The molecule has 2 aliphatic rings. The van der Waals surface area contributed by atoms with Gasteiger partial charge in [-0.05, 0) is 46.1 Å². The highest BCUT2D eigenvalue weighted by Crippen LogP contribution is 2.27. The van der Waals surface area contributed by atoms with Crippen molar-refractivity contribution in [3.8, 4) is 0 Å². The molecule has 0 radical (unpaired) electrons. The lowest BCUT2D eigenvalue weighted by atomic mass is 9.97. The van der Waals surface area contributed by atoms with Gasteiger partial charge in [-0.3, -0.25) is 4.79 Å². The number of hydrogen-bond acceptors (Lipinski definition) is 6. The van der Waals surface area contributed by atoms with E-state index in [1.165, 1.54) is 4.31 Å². The van der Waals surface area contributed by atoms with Crippen LogP contribution in [0.3, 0.4) is 0 Å². The van der Waals surface area contributed by atoms with Gasteiger partial charge in [0, 0.05) is 25.7 Å². The minimum Gasteiger partial charge on any atom is -0.360 e. The first-order chi connectivity index (χ1) is 11.9. The number of carbonyl (C=O) groups is 1. The summed E-state index contributed by atoms with van der Waals surface area (Å²) in [5.41, 5.74) is 0.359. The summed E-state index contributed by atoms with van der Waals surface area (Å²) in [6.45, 7) is 5.60. The van der Waals surface area contributed by atoms with E-state index in [4.69, 9.17) is 4.52 Å². The molecule has 1 amide bonds. The molecule has 148 valence electrons. The van der Waals surface area contributed by atoms with Crippen molar-refractivity contribution in [2.24, 2.45) is 5.92 Å². The van der Waals surface area contributed by atoms with Gasteiger partial charge in [-0.15, -0.1) is 12.4 Å². The van der Waals surface area contributed by atoms with Gasteiger partial charge in [0.05, 0.1) is 5.92 Å². The molecule has 2 fully saturated rings. The molecule has 0 aromatic carbocycles. The lowest BCUT2D eigenvalue weighted by Crippen LogP contribution is -2.51. The number of carbonyl (C=O) groups excluding carboxylic acids is 1. The van der Waals surface area contributed by atoms with E-state index in [1.807, 2.05) is 0 Å². The van der Waals surface area contributed by atoms with Crippen LogP contribution in [0.15, 0.2) is 9.42 Å². The molecule has 0 bridgehead atoms. The molecular formula is C16H27ClN4O4S. The Balaban J connectivity index is 0.00000243. The Morgan fingerprint density at radius 3 is 2.69 bits per heavy atom. The Morgan fingerprint density at radius 1 is 1.31 bits per heavy atom. The van der Waals surface area contributed by atoms with Crippen molar-refractivity contribution in [2.45, 2.75) is 50.5 Å². The number of sulfonamides is 1. The molecule has 1 aromatic rings. The van der Waals surface area contributed by atoms with Crippen LogP contribution in [0.25, 0.3) is 0 Å². The molecule has 0 aliphatic carbocycles. The van der Waals surface area contributed by atoms with E-state index >= 15 is 0 Å². The molecule has 1 aromatic heterocycles.